The minimum Gasteiger partial charge on any atom is -0.341 e. The molecule has 1 saturated heterocycles. The lowest BCUT2D eigenvalue weighted by Crippen LogP contribution is -2.48. The summed E-state index contributed by atoms with van der Waals surface area (Å²) in [7, 11) is 0. The molecule has 25 heavy (non-hydrogen) atoms. The topological polar surface area (TPSA) is 76.8 Å². The second-order valence-corrected chi connectivity index (χ2v) is 6.11. The zero-order valence-corrected chi connectivity index (χ0v) is 13.7. The van der Waals surface area contributed by atoms with Crippen LogP contribution in [-0.4, -0.2) is 49.1 Å². The molecule has 4 rings (SSSR count). The summed E-state index contributed by atoms with van der Waals surface area (Å²) < 4.78 is 0. The zero-order valence-electron chi connectivity index (χ0n) is 13.7. The van der Waals surface area contributed by atoms with E-state index >= 15 is 0 Å². The molecule has 0 aliphatic carbocycles. The average molecular weight is 334 g/mol. The van der Waals surface area contributed by atoms with Crippen molar-refractivity contribution < 1.29 is 4.79 Å². The predicted octanol–water partition coefficient (Wildman–Crippen LogP) is 1.75. The van der Waals surface area contributed by atoms with E-state index in [1.807, 2.05) is 47.5 Å². The van der Waals surface area contributed by atoms with Crippen LogP contribution >= 0.6 is 0 Å². The van der Waals surface area contributed by atoms with Gasteiger partial charge >= 0.3 is 0 Å². The van der Waals surface area contributed by atoms with Gasteiger partial charge in [0.15, 0.2) is 0 Å². The van der Waals surface area contributed by atoms with Crippen molar-refractivity contribution in [3.63, 3.8) is 0 Å². The van der Waals surface area contributed by atoms with Gasteiger partial charge < -0.3 is 4.90 Å². The maximum absolute atomic E-state index is 12.3. The normalized spacial score (nSPS) is 14.3. The molecule has 1 aromatic carbocycles. The SMILES string of the molecule is O=C(CCn1nnc(-c2ccccc2)n1)N1CC(c2cccnc2)C1. The van der Waals surface area contributed by atoms with Crippen molar-refractivity contribution in [1.82, 2.24) is 30.1 Å². The summed E-state index contributed by atoms with van der Waals surface area (Å²) in [4.78, 5) is 19.8. The highest BCUT2D eigenvalue weighted by Gasteiger charge is 2.31. The molecule has 126 valence electrons. The Kier molecular flexibility index (Phi) is 4.20. The van der Waals surface area contributed by atoms with Gasteiger partial charge in [0, 0.05) is 43.4 Å². The molecular formula is C18H18N6O. The predicted molar refractivity (Wildman–Crippen MR) is 91.4 cm³/mol. The van der Waals surface area contributed by atoms with Crippen LogP contribution < -0.4 is 0 Å². The van der Waals surface area contributed by atoms with Crippen LogP contribution in [0.4, 0.5) is 0 Å². The number of tetrazole rings is 1. The maximum atomic E-state index is 12.3. The number of rotatable bonds is 5. The summed E-state index contributed by atoms with van der Waals surface area (Å²) in [6, 6.07) is 13.7. The molecule has 3 heterocycles. The Morgan fingerprint density at radius 1 is 1.12 bits per heavy atom. The van der Waals surface area contributed by atoms with Crippen LogP contribution in [0.2, 0.25) is 0 Å². The van der Waals surface area contributed by atoms with Crippen molar-refractivity contribution in [3.05, 3.63) is 60.4 Å². The second-order valence-electron chi connectivity index (χ2n) is 6.11. The highest BCUT2D eigenvalue weighted by Crippen LogP contribution is 2.26. The highest BCUT2D eigenvalue weighted by molar-refractivity contribution is 5.77. The van der Waals surface area contributed by atoms with Crippen molar-refractivity contribution in [1.29, 1.82) is 0 Å². The van der Waals surface area contributed by atoms with Crippen LogP contribution in [-0.2, 0) is 11.3 Å². The van der Waals surface area contributed by atoms with Crippen molar-refractivity contribution in [2.24, 2.45) is 0 Å². The minimum absolute atomic E-state index is 0.124. The van der Waals surface area contributed by atoms with Gasteiger partial charge in [-0.25, -0.2) is 0 Å². The smallest absolute Gasteiger partial charge is 0.224 e. The third kappa shape index (κ3) is 3.40. The zero-order chi connectivity index (χ0) is 17.1. The fourth-order valence-electron chi connectivity index (χ4n) is 2.90. The number of likely N-dealkylation sites (tertiary alicyclic amines) is 1. The third-order valence-electron chi connectivity index (χ3n) is 4.40. The number of amides is 1. The molecule has 1 aliphatic heterocycles. The van der Waals surface area contributed by atoms with Gasteiger partial charge in [0.2, 0.25) is 11.7 Å². The van der Waals surface area contributed by atoms with Gasteiger partial charge in [-0.2, -0.15) is 4.80 Å². The first-order valence-electron chi connectivity index (χ1n) is 8.30. The van der Waals surface area contributed by atoms with E-state index in [-0.39, 0.29) is 5.91 Å². The number of nitrogens with zero attached hydrogens (tertiary/aromatic N) is 6. The first kappa shape index (κ1) is 15.4. The van der Waals surface area contributed by atoms with Crippen molar-refractivity contribution >= 4 is 5.91 Å². The molecule has 0 N–H and O–H groups in total. The fraction of sp³-hybridized carbons (Fsp3) is 0.278. The Balaban J connectivity index is 1.28. The summed E-state index contributed by atoms with van der Waals surface area (Å²) in [6.45, 7) is 1.95. The number of benzene rings is 1. The van der Waals surface area contributed by atoms with Gasteiger partial charge in [-0.3, -0.25) is 9.78 Å². The lowest BCUT2D eigenvalue weighted by molar-refractivity contribution is -0.136. The largest absolute Gasteiger partial charge is 0.341 e. The van der Waals surface area contributed by atoms with Crippen molar-refractivity contribution in [2.75, 3.05) is 13.1 Å². The fourth-order valence-corrected chi connectivity index (χ4v) is 2.90. The monoisotopic (exact) mass is 334 g/mol. The second kappa shape index (κ2) is 6.80. The molecular weight excluding hydrogens is 316 g/mol. The molecule has 1 aliphatic rings. The number of aromatic nitrogens is 5. The number of hydrogen-bond acceptors (Lipinski definition) is 5. The van der Waals surface area contributed by atoms with E-state index < -0.39 is 0 Å². The Hall–Kier alpha value is -3.09. The van der Waals surface area contributed by atoms with Gasteiger partial charge in [-0.15, -0.1) is 10.2 Å². The van der Waals surface area contributed by atoms with Crippen molar-refractivity contribution in [2.45, 2.75) is 18.9 Å². The quantitative estimate of drug-likeness (QED) is 0.710. The van der Waals surface area contributed by atoms with Gasteiger partial charge in [0.1, 0.15) is 0 Å². The standard InChI is InChI=1S/C18H18N6O/c25-17(23-12-16(13-23)15-7-4-9-19-11-15)8-10-24-21-18(20-22-24)14-5-2-1-3-6-14/h1-7,9,11,16H,8,10,12-13H2. The molecule has 1 amide bonds. The van der Waals surface area contributed by atoms with Crippen LogP contribution in [0, 0.1) is 0 Å². The minimum atomic E-state index is 0.124. The number of carbonyl (C=O) groups excluding carboxylic acids is 1. The van der Waals surface area contributed by atoms with Gasteiger partial charge in [-0.1, -0.05) is 36.4 Å². The number of hydrogen-bond donors (Lipinski definition) is 0. The van der Waals surface area contributed by atoms with Crippen LogP contribution in [0.3, 0.4) is 0 Å². The van der Waals surface area contributed by atoms with Crippen molar-refractivity contribution in [3.8, 4) is 11.4 Å². The van der Waals surface area contributed by atoms with E-state index in [1.54, 1.807) is 6.20 Å². The molecule has 7 heteroatoms. The lowest BCUT2D eigenvalue weighted by Gasteiger charge is -2.39. The summed E-state index contributed by atoms with van der Waals surface area (Å²) in [5, 5.41) is 12.4. The van der Waals surface area contributed by atoms with Crippen LogP contribution in [0.1, 0.15) is 17.9 Å². The van der Waals surface area contributed by atoms with Crippen LogP contribution in [0.5, 0.6) is 0 Å². The van der Waals surface area contributed by atoms with E-state index in [4.69, 9.17) is 0 Å². The van der Waals surface area contributed by atoms with E-state index in [0.29, 0.717) is 24.7 Å². The molecule has 0 bridgehead atoms. The Labute approximate surface area is 145 Å². The van der Waals surface area contributed by atoms with Crippen LogP contribution in [0.15, 0.2) is 54.9 Å². The highest BCUT2D eigenvalue weighted by atomic mass is 16.2. The first-order chi connectivity index (χ1) is 12.3. The summed E-state index contributed by atoms with van der Waals surface area (Å²) in [5.74, 6) is 1.10. The number of pyridine rings is 1. The van der Waals surface area contributed by atoms with E-state index in [0.717, 1.165) is 18.7 Å². The molecule has 0 unspecified atom stereocenters. The molecule has 0 radical (unpaired) electrons. The third-order valence-corrected chi connectivity index (χ3v) is 4.40. The van der Waals surface area contributed by atoms with E-state index in [1.165, 1.54) is 10.4 Å². The maximum Gasteiger partial charge on any atom is 0.224 e. The summed E-state index contributed by atoms with van der Waals surface area (Å²) in [5.41, 5.74) is 2.11. The molecule has 0 saturated carbocycles. The van der Waals surface area contributed by atoms with E-state index in [2.05, 4.69) is 26.5 Å². The Bertz CT molecular complexity index is 842. The first-order valence-corrected chi connectivity index (χ1v) is 8.30. The number of carbonyl (C=O) groups is 1. The van der Waals surface area contributed by atoms with Gasteiger partial charge in [-0.05, 0) is 16.8 Å². The molecule has 3 aromatic rings. The molecule has 0 atom stereocenters. The van der Waals surface area contributed by atoms with E-state index in [9.17, 15) is 4.79 Å². The number of aryl methyl sites for hydroxylation is 1. The summed E-state index contributed by atoms with van der Waals surface area (Å²) >= 11 is 0. The lowest BCUT2D eigenvalue weighted by atomic mass is 9.92. The average Bonchev–Trinajstić information content (AvgIpc) is 3.09. The Morgan fingerprint density at radius 3 is 2.72 bits per heavy atom. The molecule has 1 fully saturated rings. The van der Waals surface area contributed by atoms with Gasteiger partial charge in [0.05, 0.1) is 6.54 Å². The summed E-state index contributed by atoms with van der Waals surface area (Å²) in [6.07, 6.45) is 4.02. The van der Waals surface area contributed by atoms with Gasteiger partial charge in [0.25, 0.3) is 0 Å². The Morgan fingerprint density at radius 2 is 1.96 bits per heavy atom. The van der Waals surface area contributed by atoms with Crippen LogP contribution in [0.25, 0.3) is 11.4 Å². The molecule has 2 aromatic heterocycles. The molecule has 0 spiro atoms. The molecule has 7 nitrogen and oxygen atoms in total.